The molecule has 0 atom stereocenters. The zero-order valence-corrected chi connectivity index (χ0v) is 18.4. The van der Waals surface area contributed by atoms with Gasteiger partial charge in [0.1, 0.15) is 0 Å². The molecule has 0 bridgehead atoms. The maximum Gasteiger partial charge on any atom is 0.261 e. The largest absolute Gasteiger partial charge is 0.350 e. The number of benzene rings is 1. The van der Waals surface area contributed by atoms with Gasteiger partial charge in [0, 0.05) is 39.3 Å². The molecule has 1 amide bonds. The van der Waals surface area contributed by atoms with E-state index in [0.29, 0.717) is 15.8 Å². The van der Waals surface area contributed by atoms with E-state index in [0.717, 1.165) is 43.4 Å². The molecular formula is C20H23ClN4OS2. The molecule has 0 unspecified atom stereocenters. The van der Waals surface area contributed by atoms with E-state index in [4.69, 9.17) is 16.6 Å². The van der Waals surface area contributed by atoms with Crippen molar-refractivity contribution in [2.24, 2.45) is 0 Å². The highest BCUT2D eigenvalue weighted by atomic mass is 35.5. The van der Waals surface area contributed by atoms with Gasteiger partial charge in [-0.3, -0.25) is 9.69 Å². The van der Waals surface area contributed by atoms with Gasteiger partial charge in [0.05, 0.1) is 19.4 Å². The van der Waals surface area contributed by atoms with Crippen molar-refractivity contribution in [3.05, 3.63) is 44.6 Å². The molecule has 1 aromatic carbocycles. The summed E-state index contributed by atoms with van der Waals surface area (Å²) in [6.07, 6.45) is 0. The van der Waals surface area contributed by atoms with Crippen molar-refractivity contribution in [2.45, 2.75) is 13.8 Å². The molecule has 1 fully saturated rings. The molecular weight excluding hydrogens is 412 g/mol. The fraction of sp³-hybridized carbons (Fsp3) is 0.400. The number of piperazine rings is 1. The molecule has 8 heteroatoms. The number of thiazole rings is 1. The topological polar surface area (TPSA) is 48.5 Å². The van der Waals surface area contributed by atoms with E-state index < -0.39 is 0 Å². The molecule has 1 aliphatic rings. The zero-order valence-electron chi connectivity index (χ0n) is 16.0. The molecule has 3 heterocycles. The lowest BCUT2D eigenvalue weighted by Gasteiger charge is -2.34. The first-order valence-electron chi connectivity index (χ1n) is 9.39. The molecule has 5 nitrogen and oxygen atoms in total. The quantitative estimate of drug-likeness (QED) is 0.654. The van der Waals surface area contributed by atoms with Crippen molar-refractivity contribution in [3.8, 4) is 0 Å². The van der Waals surface area contributed by atoms with E-state index in [2.05, 4.69) is 41.1 Å². The van der Waals surface area contributed by atoms with Crippen LogP contribution in [0.2, 0.25) is 4.34 Å². The summed E-state index contributed by atoms with van der Waals surface area (Å²) in [5.74, 6) is -0.0456. The van der Waals surface area contributed by atoms with Crippen LogP contribution in [0.4, 0.5) is 5.13 Å². The van der Waals surface area contributed by atoms with Crippen molar-refractivity contribution in [3.63, 3.8) is 0 Å². The molecule has 4 rings (SSSR count). The van der Waals surface area contributed by atoms with Gasteiger partial charge in [-0.2, -0.15) is 0 Å². The molecule has 1 aliphatic heterocycles. The maximum absolute atomic E-state index is 12.1. The number of fused-ring (bicyclic) bond motifs is 1. The average Bonchev–Trinajstić information content (AvgIpc) is 3.33. The number of amides is 1. The SMILES string of the molecule is Cc1ccc(C)c2sc(N3CCN(CCNC(=O)c4ccc(Cl)s4)CC3)nc12. The van der Waals surface area contributed by atoms with Crippen molar-refractivity contribution in [1.82, 2.24) is 15.2 Å². The first-order chi connectivity index (χ1) is 13.5. The second-order valence-corrected chi connectivity index (χ2v) is 9.75. The minimum Gasteiger partial charge on any atom is -0.350 e. The van der Waals surface area contributed by atoms with Gasteiger partial charge >= 0.3 is 0 Å². The Morgan fingerprint density at radius 2 is 1.86 bits per heavy atom. The molecule has 2 aromatic heterocycles. The average molecular weight is 435 g/mol. The van der Waals surface area contributed by atoms with Crippen LogP contribution in [-0.2, 0) is 0 Å². The van der Waals surface area contributed by atoms with Gasteiger partial charge in [0.25, 0.3) is 5.91 Å². The van der Waals surface area contributed by atoms with Crippen LogP contribution in [-0.4, -0.2) is 55.1 Å². The number of carbonyl (C=O) groups excluding carboxylic acids is 1. The number of thiophene rings is 1. The van der Waals surface area contributed by atoms with Crippen molar-refractivity contribution in [1.29, 1.82) is 0 Å². The van der Waals surface area contributed by atoms with Crippen molar-refractivity contribution in [2.75, 3.05) is 44.2 Å². The van der Waals surface area contributed by atoms with Gasteiger partial charge < -0.3 is 10.2 Å². The molecule has 148 valence electrons. The van der Waals surface area contributed by atoms with E-state index in [-0.39, 0.29) is 5.91 Å². The van der Waals surface area contributed by atoms with E-state index in [1.165, 1.54) is 27.2 Å². The second kappa shape index (κ2) is 8.37. The molecule has 1 N–H and O–H groups in total. The lowest BCUT2D eigenvalue weighted by Crippen LogP contribution is -2.48. The highest BCUT2D eigenvalue weighted by molar-refractivity contribution is 7.22. The Morgan fingerprint density at radius 1 is 1.11 bits per heavy atom. The van der Waals surface area contributed by atoms with Crippen LogP contribution in [0.1, 0.15) is 20.8 Å². The Morgan fingerprint density at radius 3 is 2.54 bits per heavy atom. The normalized spacial score (nSPS) is 15.3. The van der Waals surface area contributed by atoms with Gasteiger partial charge in [0.15, 0.2) is 5.13 Å². The molecule has 3 aromatic rings. The standard InChI is InChI=1S/C20H23ClN4OS2/c1-13-3-4-14(2)18-17(13)23-20(28-18)25-11-9-24(10-12-25)8-7-22-19(26)15-5-6-16(21)27-15/h3-6H,7-12H2,1-2H3,(H,22,26). The van der Waals surface area contributed by atoms with Crippen LogP contribution in [0.5, 0.6) is 0 Å². The van der Waals surface area contributed by atoms with Crippen LogP contribution >= 0.6 is 34.3 Å². The predicted octanol–water partition coefficient (Wildman–Crippen LogP) is 4.18. The van der Waals surface area contributed by atoms with Crippen LogP contribution in [0.3, 0.4) is 0 Å². The molecule has 28 heavy (non-hydrogen) atoms. The van der Waals surface area contributed by atoms with E-state index in [1.807, 2.05) is 0 Å². The highest BCUT2D eigenvalue weighted by Crippen LogP contribution is 2.33. The number of nitrogens with one attached hydrogen (secondary N) is 1. The third kappa shape index (κ3) is 4.17. The fourth-order valence-electron chi connectivity index (χ4n) is 3.40. The van der Waals surface area contributed by atoms with E-state index >= 15 is 0 Å². The van der Waals surface area contributed by atoms with Crippen molar-refractivity contribution >= 4 is 55.5 Å². The summed E-state index contributed by atoms with van der Waals surface area (Å²) in [5, 5.41) is 4.10. The number of hydrogen-bond donors (Lipinski definition) is 1. The molecule has 0 aliphatic carbocycles. The summed E-state index contributed by atoms with van der Waals surface area (Å²) in [4.78, 5) is 22.4. The molecule has 0 spiro atoms. The van der Waals surface area contributed by atoms with E-state index in [9.17, 15) is 4.79 Å². The van der Waals surface area contributed by atoms with Gasteiger partial charge in [-0.15, -0.1) is 11.3 Å². The smallest absolute Gasteiger partial charge is 0.261 e. The molecule has 1 saturated heterocycles. The number of hydrogen-bond acceptors (Lipinski definition) is 6. The first kappa shape index (κ1) is 19.6. The summed E-state index contributed by atoms with van der Waals surface area (Å²) in [6, 6.07) is 7.85. The lowest BCUT2D eigenvalue weighted by molar-refractivity contribution is 0.0952. The number of aryl methyl sites for hydroxylation is 2. The van der Waals surface area contributed by atoms with Gasteiger partial charge in [-0.25, -0.2) is 4.98 Å². The number of anilines is 1. The number of rotatable bonds is 5. The maximum atomic E-state index is 12.1. The summed E-state index contributed by atoms with van der Waals surface area (Å²) in [5.41, 5.74) is 3.68. The van der Waals surface area contributed by atoms with Crippen LogP contribution in [0.15, 0.2) is 24.3 Å². The van der Waals surface area contributed by atoms with Crippen LogP contribution in [0, 0.1) is 13.8 Å². The third-order valence-corrected chi connectivity index (χ3v) is 7.57. The van der Waals surface area contributed by atoms with Crippen LogP contribution < -0.4 is 10.2 Å². The lowest BCUT2D eigenvalue weighted by atomic mass is 10.1. The van der Waals surface area contributed by atoms with Crippen molar-refractivity contribution < 1.29 is 4.79 Å². The number of halogens is 1. The first-order valence-corrected chi connectivity index (χ1v) is 11.4. The summed E-state index contributed by atoms with van der Waals surface area (Å²) < 4.78 is 1.94. The summed E-state index contributed by atoms with van der Waals surface area (Å²) in [6.45, 7) is 9.67. The van der Waals surface area contributed by atoms with Gasteiger partial charge in [-0.1, -0.05) is 35.1 Å². The Hall–Kier alpha value is -1.67. The Labute approximate surface area is 177 Å². The Bertz CT molecular complexity index is 952. The number of nitrogens with zero attached hydrogens (tertiary/aromatic N) is 3. The minimum absolute atomic E-state index is 0.0456. The molecule has 0 saturated carbocycles. The number of carbonyl (C=O) groups is 1. The Kier molecular flexibility index (Phi) is 5.87. The summed E-state index contributed by atoms with van der Waals surface area (Å²) in [7, 11) is 0. The number of aromatic nitrogens is 1. The Balaban J connectivity index is 1.28. The van der Waals surface area contributed by atoms with Gasteiger partial charge in [-0.05, 0) is 37.1 Å². The predicted molar refractivity (Wildman–Crippen MR) is 119 cm³/mol. The zero-order chi connectivity index (χ0) is 19.7. The van der Waals surface area contributed by atoms with E-state index in [1.54, 1.807) is 23.5 Å². The monoisotopic (exact) mass is 434 g/mol. The minimum atomic E-state index is -0.0456. The third-order valence-electron chi connectivity index (χ3n) is 5.08. The second-order valence-electron chi connectivity index (χ2n) is 7.06. The van der Waals surface area contributed by atoms with Gasteiger partial charge in [0.2, 0.25) is 0 Å². The van der Waals surface area contributed by atoms with Crippen LogP contribution in [0.25, 0.3) is 10.2 Å². The fourth-order valence-corrected chi connectivity index (χ4v) is 5.52. The summed E-state index contributed by atoms with van der Waals surface area (Å²) >= 11 is 9.00. The molecule has 0 radical (unpaired) electrons. The highest BCUT2D eigenvalue weighted by Gasteiger charge is 2.20.